The quantitative estimate of drug-likeness (QED) is 0.714. The van der Waals surface area contributed by atoms with Crippen molar-refractivity contribution in [2.24, 2.45) is 0 Å². The van der Waals surface area contributed by atoms with Gasteiger partial charge >= 0.3 is 0 Å². The van der Waals surface area contributed by atoms with Crippen molar-refractivity contribution in [2.75, 3.05) is 12.3 Å². The average Bonchev–Trinajstić information content (AvgIpc) is 2.20. The molecule has 0 aromatic carbocycles. The number of anilines is 1. The van der Waals surface area contributed by atoms with Crippen LogP contribution in [0.5, 0.6) is 0 Å². The van der Waals surface area contributed by atoms with Gasteiger partial charge in [0.05, 0.1) is 6.10 Å². The molecule has 0 bridgehead atoms. The van der Waals surface area contributed by atoms with E-state index >= 15 is 0 Å². The molecule has 1 fully saturated rings. The van der Waals surface area contributed by atoms with Crippen molar-refractivity contribution < 1.29 is 4.74 Å². The monoisotopic (exact) mass is 178 g/mol. The highest BCUT2D eigenvalue weighted by atomic mass is 16.5. The Bertz CT molecular complexity index is 282. The smallest absolute Gasteiger partial charge is 0.0859 e. The Morgan fingerprint density at radius 1 is 1.46 bits per heavy atom. The van der Waals surface area contributed by atoms with E-state index in [-0.39, 0.29) is 6.10 Å². The standard InChI is InChI=1S/C10H14N2O/c11-9-4-5-12-7-8(9)10-3-1-2-6-13-10/h4-5,7,10H,1-3,6H2,(H2,11,12). The zero-order valence-electron chi connectivity index (χ0n) is 7.57. The second-order valence-corrected chi connectivity index (χ2v) is 3.36. The molecule has 1 aliphatic rings. The summed E-state index contributed by atoms with van der Waals surface area (Å²) in [5.74, 6) is 0. The second-order valence-electron chi connectivity index (χ2n) is 3.36. The summed E-state index contributed by atoms with van der Waals surface area (Å²) in [4.78, 5) is 4.06. The third-order valence-corrected chi connectivity index (χ3v) is 2.41. The van der Waals surface area contributed by atoms with Gasteiger partial charge in [-0.15, -0.1) is 0 Å². The number of nitrogen functional groups attached to an aromatic ring is 1. The number of rotatable bonds is 1. The lowest BCUT2D eigenvalue weighted by Gasteiger charge is -2.23. The lowest BCUT2D eigenvalue weighted by molar-refractivity contribution is 0.0152. The molecule has 2 rings (SSSR count). The molecule has 0 amide bonds. The Kier molecular flexibility index (Phi) is 2.45. The maximum Gasteiger partial charge on any atom is 0.0859 e. The van der Waals surface area contributed by atoms with Crippen LogP contribution in [0.15, 0.2) is 18.5 Å². The first kappa shape index (κ1) is 8.51. The molecule has 2 N–H and O–H groups in total. The number of nitrogens with two attached hydrogens (primary N) is 1. The third-order valence-electron chi connectivity index (χ3n) is 2.41. The summed E-state index contributed by atoms with van der Waals surface area (Å²) in [7, 11) is 0. The van der Waals surface area contributed by atoms with E-state index in [1.807, 2.05) is 12.3 Å². The summed E-state index contributed by atoms with van der Waals surface area (Å²) in [6.07, 6.45) is 7.14. The van der Waals surface area contributed by atoms with Crippen LogP contribution in [-0.4, -0.2) is 11.6 Å². The Morgan fingerprint density at radius 3 is 3.08 bits per heavy atom. The summed E-state index contributed by atoms with van der Waals surface area (Å²) in [5.41, 5.74) is 7.67. The van der Waals surface area contributed by atoms with Crippen molar-refractivity contribution in [3.05, 3.63) is 24.0 Å². The minimum absolute atomic E-state index is 0.169. The number of aromatic nitrogens is 1. The third kappa shape index (κ3) is 1.80. The summed E-state index contributed by atoms with van der Waals surface area (Å²) in [6.45, 7) is 0.846. The SMILES string of the molecule is Nc1ccncc1C1CCCCO1. The van der Waals surface area contributed by atoms with E-state index in [1.165, 1.54) is 6.42 Å². The van der Waals surface area contributed by atoms with Gasteiger partial charge in [0.2, 0.25) is 0 Å². The lowest BCUT2D eigenvalue weighted by atomic mass is 10.0. The first-order chi connectivity index (χ1) is 6.38. The zero-order chi connectivity index (χ0) is 9.10. The number of hydrogen-bond acceptors (Lipinski definition) is 3. The van der Waals surface area contributed by atoms with Crippen LogP contribution < -0.4 is 5.73 Å². The largest absolute Gasteiger partial charge is 0.398 e. The van der Waals surface area contributed by atoms with Crippen molar-refractivity contribution in [2.45, 2.75) is 25.4 Å². The van der Waals surface area contributed by atoms with Crippen LogP contribution in [0.4, 0.5) is 5.69 Å². The van der Waals surface area contributed by atoms with Crippen molar-refractivity contribution in [3.8, 4) is 0 Å². The first-order valence-corrected chi connectivity index (χ1v) is 4.69. The number of ether oxygens (including phenoxy) is 1. The molecule has 0 aliphatic carbocycles. The highest BCUT2D eigenvalue weighted by molar-refractivity contribution is 5.45. The van der Waals surface area contributed by atoms with E-state index in [9.17, 15) is 0 Å². The zero-order valence-corrected chi connectivity index (χ0v) is 7.57. The van der Waals surface area contributed by atoms with Gasteiger partial charge < -0.3 is 10.5 Å². The van der Waals surface area contributed by atoms with E-state index in [2.05, 4.69) is 4.98 Å². The molecule has 0 saturated carbocycles. The Balaban J connectivity index is 2.18. The van der Waals surface area contributed by atoms with Gasteiger partial charge in [-0.05, 0) is 25.3 Å². The fourth-order valence-corrected chi connectivity index (χ4v) is 1.67. The van der Waals surface area contributed by atoms with Gasteiger partial charge in [-0.3, -0.25) is 4.98 Å². The molecule has 3 nitrogen and oxygen atoms in total. The van der Waals surface area contributed by atoms with Crippen molar-refractivity contribution in [1.82, 2.24) is 4.98 Å². The van der Waals surface area contributed by atoms with Crippen LogP contribution in [0.2, 0.25) is 0 Å². The normalized spacial score (nSPS) is 22.9. The summed E-state index contributed by atoms with van der Waals surface area (Å²) >= 11 is 0. The molecular formula is C10H14N2O. The fourth-order valence-electron chi connectivity index (χ4n) is 1.67. The molecule has 13 heavy (non-hydrogen) atoms. The molecule has 70 valence electrons. The average molecular weight is 178 g/mol. The molecule has 1 unspecified atom stereocenters. The van der Waals surface area contributed by atoms with Gasteiger partial charge in [0.25, 0.3) is 0 Å². The van der Waals surface area contributed by atoms with E-state index in [4.69, 9.17) is 10.5 Å². The van der Waals surface area contributed by atoms with Crippen LogP contribution in [0, 0.1) is 0 Å². The van der Waals surface area contributed by atoms with E-state index in [0.717, 1.165) is 30.7 Å². The molecule has 1 saturated heterocycles. The number of pyridine rings is 1. The van der Waals surface area contributed by atoms with E-state index < -0.39 is 0 Å². The Labute approximate surface area is 77.9 Å². The predicted octanol–water partition coefficient (Wildman–Crippen LogP) is 1.91. The highest BCUT2D eigenvalue weighted by Gasteiger charge is 2.17. The van der Waals surface area contributed by atoms with Crippen LogP contribution in [0.1, 0.15) is 30.9 Å². The van der Waals surface area contributed by atoms with Crippen LogP contribution in [0.3, 0.4) is 0 Å². The first-order valence-electron chi connectivity index (χ1n) is 4.69. The minimum atomic E-state index is 0.169. The molecule has 1 aliphatic heterocycles. The number of nitrogens with zero attached hydrogens (tertiary/aromatic N) is 1. The Morgan fingerprint density at radius 2 is 2.38 bits per heavy atom. The van der Waals surface area contributed by atoms with Crippen LogP contribution in [0.25, 0.3) is 0 Å². The summed E-state index contributed by atoms with van der Waals surface area (Å²) < 4.78 is 5.62. The van der Waals surface area contributed by atoms with Gasteiger partial charge in [-0.25, -0.2) is 0 Å². The Hall–Kier alpha value is -1.09. The van der Waals surface area contributed by atoms with Crippen molar-refractivity contribution in [1.29, 1.82) is 0 Å². The predicted molar refractivity (Wildman–Crippen MR) is 51.2 cm³/mol. The van der Waals surface area contributed by atoms with E-state index in [0.29, 0.717) is 0 Å². The second kappa shape index (κ2) is 3.75. The van der Waals surface area contributed by atoms with Gasteiger partial charge in [-0.2, -0.15) is 0 Å². The van der Waals surface area contributed by atoms with Crippen LogP contribution >= 0.6 is 0 Å². The topological polar surface area (TPSA) is 48.1 Å². The van der Waals surface area contributed by atoms with Crippen LogP contribution in [-0.2, 0) is 4.74 Å². The maximum atomic E-state index is 5.83. The highest BCUT2D eigenvalue weighted by Crippen LogP contribution is 2.30. The molecular weight excluding hydrogens is 164 g/mol. The molecule has 2 heterocycles. The van der Waals surface area contributed by atoms with E-state index in [1.54, 1.807) is 6.20 Å². The van der Waals surface area contributed by atoms with Gasteiger partial charge in [-0.1, -0.05) is 0 Å². The van der Waals surface area contributed by atoms with Gasteiger partial charge in [0.15, 0.2) is 0 Å². The fraction of sp³-hybridized carbons (Fsp3) is 0.500. The summed E-state index contributed by atoms with van der Waals surface area (Å²) in [6, 6.07) is 1.83. The molecule has 1 atom stereocenters. The minimum Gasteiger partial charge on any atom is -0.398 e. The van der Waals surface area contributed by atoms with Crippen molar-refractivity contribution in [3.63, 3.8) is 0 Å². The number of hydrogen-bond donors (Lipinski definition) is 1. The molecule has 3 heteroatoms. The lowest BCUT2D eigenvalue weighted by Crippen LogP contribution is -2.13. The molecule has 1 aromatic rings. The molecule has 0 radical (unpaired) electrons. The van der Waals surface area contributed by atoms with Crippen molar-refractivity contribution >= 4 is 5.69 Å². The summed E-state index contributed by atoms with van der Waals surface area (Å²) in [5, 5.41) is 0. The van der Waals surface area contributed by atoms with Gasteiger partial charge in [0.1, 0.15) is 0 Å². The maximum absolute atomic E-state index is 5.83. The van der Waals surface area contributed by atoms with Gasteiger partial charge in [0, 0.05) is 30.3 Å². The molecule has 0 spiro atoms. The molecule has 1 aromatic heterocycles.